The fourth-order valence-corrected chi connectivity index (χ4v) is 4.43. The quantitative estimate of drug-likeness (QED) is 0.284. The predicted octanol–water partition coefficient (Wildman–Crippen LogP) is 5.80. The maximum Gasteiger partial charge on any atom is 0.0911 e. The van der Waals surface area contributed by atoms with Crippen LogP contribution >= 0.6 is 0 Å². The van der Waals surface area contributed by atoms with Gasteiger partial charge in [-0.2, -0.15) is 0 Å². The van der Waals surface area contributed by atoms with Crippen molar-refractivity contribution in [2.24, 2.45) is 9.98 Å². The van der Waals surface area contributed by atoms with E-state index in [1.165, 1.54) is 43.1 Å². The number of fused-ring (bicyclic) bond motifs is 2. The van der Waals surface area contributed by atoms with Gasteiger partial charge in [0.15, 0.2) is 0 Å². The highest BCUT2D eigenvalue weighted by Crippen LogP contribution is 2.38. The second kappa shape index (κ2) is 6.87. The van der Waals surface area contributed by atoms with Crippen molar-refractivity contribution < 1.29 is 0 Å². The van der Waals surface area contributed by atoms with Crippen LogP contribution < -0.4 is 10.7 Å². The Balaban J connectivity index is 2.15. The Bertz CT molecular complexity index is 1420. The van der Waals surface area contributed by atoms with Crippen LogP contribution in [0.1, 0.15) is 26.7 Å². The van der Waals surface area contributed by atoms with Crippen LogP contribution in [0.5, 0.6) is 0 Å². The fourth-order valence-electron chi connectivity index (χ4n) is 4.43. The summed E-state index contributed by atoms with van der Waals surface area (Å²) in [6.07, 6.45) is 2.08. The van der Waals surface area contributed by atoms with E-state index in [1.54, 1.807) is 0 Å². The molecule has 0 heterocycles. The molecule has 2 nitrogen and oxygen atoms in total. The van der Waals surface area contributed by atoms with Crippen molar-refractivity contribution in [3.63, 3.8) is 0 Å². The van der Waals surface area contributed by atoms with Gasteiger partial charge in [-0.1, -0.05) is 68.4 Å². The van der Waals surface area contributed by atoms with Crippen LogP contribution in [-0.2, 0) is 0 Å². The molecule has 28 heavy (non-hydrogen) atoms. The average Bonchev–Trinajstić information content (AvgIpc) is 2.74. The van der Waals surface area contributed by atoms with E-state index < -0.39 is 0 Å². The third-order valence-electron chi connectivity index (χ3n) is 5.58. The highest BCUT2D eigenvalue weighted by atomic mass is 14.8. The summed E-state index contributed by atoms with van der Waals surface area (Å²) in [7, 11) is 0. The number of hydrogen-bond donors (Lipinski definition) is 0. The van der Waals surface area contributed by atoms with Crippen LogP contribution in [-0.4, -0.2) is 13.1 Å². The molecule has 2 heteroatoms. The van der Waals surface area contributed by atoms with Gasteiger partial charge in [0.05, 0.1) is 10.7 Å². The Kier molecular flexibility index (Phi) is 4.20. The summed E-state index contributed by atoms with van der Waals surface area (Å²) in [6.45, 7) is 6.01. The third kappa shape index (κ3) is 2.48. The van der Waals surface area contributed by atoms with E-state index in [9.17, 15) is 0 Å². The average molecular weight is 364 g/mol. The number of benzene rings is 5. The third-order valence-corrected chi connectivity index (χ3v) is 5.58. The van der Waals surface area contributed by atoms with E-state index in [-0.39, 0.29) is 0 Å². The highest BCUT2D eigenvalue weighted by Gasteiger charge is 2.14. The van der Waals surface area contributed by atoms with Gasteiger partial charge in [-0.05, 0) is 56.6 Å². The first-order chi connectivity index (χ1) is 13.8. The van der Waals surface area contributed by atoms with Crippen molar-refractivity contribution in [2.75, 3.05) is 13.1 Å². The molecule has 0 radical (unpaired) electrons. The van der Waals surface area contributed by atoms with Gasteiger partial charge in [0, 0.05) is 18.5 Å². The SMILES string of the molecule is CCCN=c1cc2cccc3c4cccc5cccc(c(c1=NCCC)c23)c54. The van der Waals surface area contributed by atoms with Gasteiger partial charge in [-0.25, -0.2) is 0 Å². The molecule has 5 rings (SSSR count). The molecule has 0 unspecified atom stereocenters. The molecule has 0 aliphatic rings. The Morgan fingerprint density at radius 2 is 1.21 bits per heavy atom. The van der Waals surface area contributed by atoms with E-state index in [4.69, 9.17) is 9.98 Å². The lowest BCUT2D eigenvalue weighted by molar-refractivity contribution is 0.877. The molecule has 0 spiro atoms. The second-order valence-corrected chi connectivity index (χ2v) is 7.50. The molecule has 0 amide bonds. The van der Waals surface area contributed by atoms with Gasteiger partial charge in [0.2, 0.25) is 0 Å². The lowest BCUT2D eigenvalue weighted by Gasteiger charge is -2.14. The zero-order valence-corrected chi connectivity index (χ0v) is 16.5. The van der Waals surface area contributed by atoms with Crippen LogP contribution in [0, 0.1) is 0 Å². The summed E-state index contributed by atoms with van der Waals surface area (Å²) in [5.74, 6) is 0. The molecule has 0 N–H and O–H groups in total. The number of hydrogen-bond acceptors (Lipinski definition) is 2. The summed E-state index contributed by atoms with van der Waals surface area (Å²) >= 11 is 0. The largest absolute Gasteiger partial charge is 0.283 e. The maximum atomic E-state index is 5.04. The van der Waals surface area contributed by atoms with Crippen LogP contribution in [0.2, 0.25) is 0 Å². The number of nitrogens with zero attached hydrogens (tertiary/aromatic N) is 2. The molecule has 5 aromatic rings. The Hall–Kier alpha value is -3.00. The summed E-state index contributed by atoms with van der Waals surface area (Å²) in [5, 5.41) is 12.5. The fraction of sp³-hybridized carbons (Fsp3) is 0.231. The van der Waals surface area contributed by atoms with Crippen molar-refractivity contribution in [1.82, 2.24) is 0 Å². The number of rotatable bonds is 4. The topological polar surface area (TPSA) is 24.7 Å². The molecule has 138 valence electrons. The Labute approximate surface area is 164 Å². The van der Waals surface area contributed by atoms with Crippen LogP contribution in [0.15, 0.2) is 70.6 Å². The summed E-state index contributed by atoms with van der Waals surface area (Å²) < 4.78 is 0. The smallest absolute Gasteiger partial charge is 0.0911 e. The molecule has 0 saturated carbocycles. The minimum absolute atomic E-state index is 0.826. The molecular formula is C26H24N2. The van der Waals surface area contributed by atoms with Crippen molar-refractivity contribution >= 4 is 43.1 Å². The van der Waals surface area contributed by atoms with E-state index in [1.807, 2.05) is 0 Å². The second-order valence-electron chi connectivity index (χ2n) is 7.50. The molecule has 0 aliphatic heterocycles. The van der Waals surface area contributed by atoms with E-state index >= 15 is 0 Å². The van der Waals surface area contributed by atoms with E-state index in [0.717, 1.165) is 36.6 Å². The van der Waals surface area contributed by atoms with Crippen LogP contribution in [0.3, 0.4) is 0 Å². The molecular weight excluding hydrogens is 340 g/mol. The molecule has 0 atom stereocenters. The zero-order valence-electron chi connectivity index (χ0n) is 16.5. The minimum atomic E-state index is 0.826. The van der Waals surface area contributed by atoms with Gasteiger partial charge in [-0.3, -0.25) is 9.98 Å². The first-order valence-electron chi connectivity index (χ1n) is 10.3. The van der Waals surface area contributed by atoms with E-state index in [0.29, 0.717) is 0 Å². The molecule has 0 saturated heterocycles. The summed E-state index contributed by atoms with van der Waals surface area (Å²) in [6, 6.07) is 22.1. The Morgan fingerprint density at radius 1 is 0.607 bits per heavy atom. The lowest BCUT2D eigenvalue weighted by atomic mass is 9.89. The van der Waals surface area contributed by atoms with Gasteiger partial charge in [0.25, 0.3) is 0 Å². The molecule has 5 aromatic carbocycles. The normalized spacial score (nSPS) is 13.6. The molecule has 0 aliphatic carbocycles. The molecule has 0 bridgehead atoms. The van der Waals surface area contributed by atoms with Gasteiger partial charge < -0.3 is 0 Å². The van der Waals surface area contributed by atoms with Crippen molar-refractivity contribution in [2.45, 2.75) is 26.7 Å². The highest BCUT2D eigenvalue weighted by molar-refractivity contribution is 6.32. The van der Waals surface area contributed by atoms with Crippen LogP contribution in [0.25, 0.3) is 43.1 Å². The van der Waals surface area contributed by atoms with Gasteiger partial charge in [0.1, 0.15) is 0 Å². The predicted molar refractivity (Wildman–Crippen MR) is 120 cm³/mol. The first kappa shape index (κ1) is 17.1. The minimum Gasteiger partial charge on any atom is -0.283 e. The molecule has 0 aromatic heterocycles. The van der Waals surface area contributed by atoms with Crippen LogP contribution in [0.4, 0.5) is 0 Å². The lowest BCUT2D eigenvalue weighted by Crippen LogP contribution is -2.27. The first-order valence-corrected chi connectivity index (χ1v) is 10.3. The molecule has 0 fully saturated rings. The Morgan fingerprint density at radius 3 is 1.93 bits per heavy atom. The van der Waals surface area contributed by atoms with E-state index in [2.05, 4.69) is 74.5 Å². The summed E-state index contributed by atoms with van der Waals surface area (Å²) in [4.78, 5) is 9.96. The van der Waals surface area contributed by atoms with Gasteiger partial charge >= 0.3 is 0 Å². The van der Waals surface area contributed by atoms with Crippen molar-refractivity contribution in [1.29, 1.82) is 0 Å². The van der Waals surface area contributed by atoms with Crippen molar-refractivity contribution in [3.05, 3.63) is 71.4 Å². The van der Waals surface area contributed by atoms with Crippen molar-refractivity contribution in [3.8, 4) is 0 Å². The summed E-state index contributed by atoms with van der Waals surface area (Å²) in [5.41, 5.74) is 0. The maximum absolute atomic E-state index is 5.04. The standard InChI is InChI=1S/C26H24N2/c1-3-14-27-22-16-18-10-7-12-20-19-11-5-8-17-9-6-13-21(23(17)19)25(24(18)20)26(22)28-15-4-2/h5-13,16H,3-4,14-15H2,1-2H3. The zero-order chi connectivity index (χ0) is 19.1. The van der Waals surface area contributed by atoms with Gasteiger partial charge in [-0.15, -0.1) is 0 Å². The monoisotopic (exact) mass is 364 g/mol.